The van der Waals surface area contributed by atoms with E-state index in [1.165, 1.54) is 18.2 Å². The molecule has 0 aliphatic carbocycles. The summed E-state index contributed by atoms with van der Waals surface area (Å²) in [6, 6.07) is 3.96. The Morgan fingerprint density at radius 3 is 3.10 bits per heavy atom. The van der Waals surface area contributed by atoms with Crippen LogP contribution >= 0.6 is 0 Å². The summed E-state index contributed by atoms with van der Waals surface area (Å²) in [4.78, 5) is 14.2. The summed E-state index contributed by atoms with van der Waals surface area (Å²) in [5, 5.41) is 2.73. The fourth-order valence-electron chi connectivity index (χ4n) is 2.71. The lowest BCUT2D eigenvalue weighted by atomic mass is 9.99. The molecule has 1 aromatic carbocycles. The molecular weight excluding hydrogens is 273 g/mol. The third kappa shape index (κ3) is 4.68. The highest BCUT2D eigenvalue weighted by Crippen LogP contribution is 2.20. The number of nitrogens with two attached hydrogens (primary N) is 1. The summed E-state index contributed by atoms with van der Waals surface area (Å²) in [6.07, 6.45) is 2.21. The van der Waals surface area contributed by atoms with Gasteiger partial charge in [0.15, 0.2) is 0 Å². The molecule has 6 heteroatoms. The molecular formula is C15H22FN3O2. The van der Waals surface area contributed by atoms with E-state index in [1.54, 1.807) is 7.11 Å². The van der Waals surface area contributed by atoms with Crippen molar-refractivity contribution in [3.63, 3.8) is 0 Å². The largest absolute Gasteiger partial charge is 0.397 e. The Kier molecular flexibility index (Phi) is 5.52. The zero-order valence-corrected chi connectivity index (χ0v) is 12.3. The van der Waals surface area contributed by atoms with Crippen LogP contribution in [0.15, 0.2) is 18.2 Å². The van der Waals surface area contributed by atoms with Gasteiger partial charge in [0, 0.05) is 13.7 Å². The Balaban J connectivity index is 1.86. The monoisotopic (exact) mass is 295 g/mol. The zero-order valence-electron chi connectivity index (χ0n) is 12.3. The average Bonchev–Trinajstić information content (AvgIpc) is 2.43. The molecule has 116 valence electrons. The summed E-state index contributed by atoms with van der Waals surface area (Å²) < 4.78 is 18.1. The number of nitrogen functional groups attached to an aromatic ring is 1. The quantitative estimate of drug-likeness (QED) is 0.811. The molecule has 1 atom stereocenters. The van der Waals surface area contributed by atoms with Gasteiger partial charge in [0.2, 0.25) is 5.91 Å². The number of piperidine rings is 1. The fourth-order valence-corrected chi connectivity index (χ4v) is 2.71. The SMILES string of the molecule is COCC1CCCN(CC(=O)Nc2ccc(F)cc2N)C1. The molecule has 1 aliphatic heterocycles. The van der Waals surface area contributed by atoms with Crippen LogP contribution in [-0.2, 0) is 9.53 Å². The van der Waals surface area contributed by atoms with Crippen molar-refractivity contribution < 1.29 is 13.9 Å². The highest BCUT2D eigenvalue weighted by Gasteiger charge is 2.21. The molecule has 1 unspecified atom stereocenters. The van der Waals surface area contributed by atoms with Crippen molar-refractivity contribution in [3.8, 4) is 0 Å². The van der Waals surface area contributed by atoms with Crippen LogP contribution < -0.4 is 11.1 Å². The third-order valence-electron chi connectivity index (χ3n) is 3.66. The van der Waals surface area contributed by atoms with Crippen molar-refractivity contribution >= 4 is 17.3 Å². The number of methoxy groups -OCH3 is 1. The lowest BCUT2D eigenvalue weighted by Crippen LogP contribution is -2.41. The van der Waals surface area contributed by atoms with E-state index in [0.29, 0.717) is 18.2 Å². The summed E-state index contributed by atoms with van der Waals surface area (Å²) in [7, 11) is 1.70. The van der Waals surface area contributed by atoms with E-state index in [9.17, 15) is 9.18 Å². The van der Waals surface area contributed by atoms with Gasteiger partial charge in [0.05, 0.1) is 24.5 Å². The predicted octanol–water partition coefficient (Wildman–Crippen LogP) is 1.70. The highest BCUT2D eigenvalue weighted by atomic mass is 19.1. The topological polar surface area (TPSA) is 67.6 Å². The fraction of sp³-hybridized carbons (Fsp3) is 0.533. The Bertz CT molecular complexity index is 494. The first-order valence-electron chi connectivity index (χ1n) is 7.14. The van der Waals surface area contributed by atoms with Gasteiger partial charge in [0.1, 0.15) is 5.82 Å². The molecule has 0 bridgehead atoms. The molecule has 0 spiro atoms. The van der Waals surface area contributed by atoms with E-state index < -0.39 is 5.82 Å². The van der Waals surface area contributed by atoms with Gasteiger partial charge < -0.3 is 15.8 Å². The van der Waals surface area contributed by atoms with Gasteiger partial charge >= 0.3 is 0 Å². The summed E-state index contributed by atoms with van der Waals surface area (Å²) in [6.45, 7) is 2.81. The van der Waals surface area contributed by atoms with Crippen LogP contribution in [0.3, 0.4) is 0 Å². The lowest BCUT2D eigenvalue weighted by Gasteiger charge is -2.31. The standard InChI is InChI=1S/C15H22FN3O2/c1-21-10-11-3-2-6-19(8-11)9-15(20)18-14-5-4-12(16)7-13(14)17/h4-5,7,11H,2-3,6,8-10,17H2,1H3,(H,18,20). The maximum Gasteiger partial charge on any atom is 0.238 e. The van der Waals surface area contributed by atoms with Crippen LogP contribution in [0.5, 0.6) is 0 Å². The van der Waals surface area contributed by atoms with E-state index in [0.717, 1.165) is 32.5 Å². The van der Waals surface area contributed by atoms with E-state index in [-0.39, 0.29) is 11.6 Å². The smallest absolute Gasteiger partial charge is 0.238 e. The molecule has 1 fully saturated rings. The Labute approximate surface area is 124 Å². The first kappa shape index (κ1) is 15.7. The molecule has 0 aromatic heterocycles. The first-order valence-corrected chi connectivity index (χ1v) is 7.14. The van der Waals surface area contributed by atoms with Crippen LogP contribution in [0, 0.1) is 11.7 Å². The van der Waals surface area contributed by atoms with Gasteiger partial charge in [0.25, 0.3) is 0 Å². The molecule has 0 saturated carbocycles. The Morgan fingerprint density at radius 1 is 1.57 bits per heavy atom. The van der Waals surface area contributed by atoms with Crippen LogP contribution in [0.25, 0.3) is 0 Å². The number of hydrogen-bond donors (Lipinski definition) is 2. The molecule has 0 radical (unpaired) electrons. The minimum atomic E-state index is -0.413. The number of nitrogens with one attached hydrogen (secondary N) is 1. The molecule has 1 amide bonds. The van der Waals surface area contributed by atoms with E-state index in [4.69, 9.17) is 10.5 Å². The Hall–Kier alpha value is -1.66. The number of nitrogens with zero attached hydrogens (tertiary/aromatic N) is 1. The molecule has 5 nitrogen and oxygen atoms in total. The van der Waals surface area contributed by atoms with Gasteiger partial charge in [-0.05, 0) is 43.5 Å². The van der Waals surface area contributed by atoms with Crippen LogP contribution in [0.2, 0.25) is 0 Å². The van der Waals surface area contributed by atoms with Gasteiger partial charge in [-0.1, -0.05) is 0 Å². The minimum Gasteiger partial charge on any atom is -0.397 e. The van der Waals surface area contributed by atoms with Crippen molar-refractivity contribution in [1.29, 1.82) is 0 Å². The highest BCUT2D eigenvalue weighted by molar-refractivity contribution is 5.95. The Morgan fingerprint density at radius 2 is 2.38 bits per heavy atom. The molecule has 1 aliphatic rings. The molecule has 2 rings (SSSR count). The van der Waals surface area contributed by atoms with E-state index in [1.807, 2.05) is 0 Å². The van der Waals surface area contributed by atoms with Gasteiger partial charge in [-0.25, -0.2) is 4.39 Å². The molecule has 1 aromatic rings. The van der Waals surface area contributed by atoms with Crippen molar-refractivity contribution in [2.45, 2.75) is 12.8 Å². The normalized spacial score (nSPS) is 19.4. The maximum absolute atomic E-state index is 13.0. The number of hydrogen-bond acceptors (Lipinski definition) is 4. The predicted molar refractivity (Wildman–Crippen MR) is 80.5 cm³/mol. The van der Waals surface area contributed by atoms with Gasteiger partial charge in [-0.3, -0.25) is 9.69 Å². The van der Waals surface area contributed by atoms with Crippen molar-refractivity contribution in [1.82, 2.24) is 4.90 Å². The van der Waals surface area contributed by atoms with Crippen LogP contribution in [0.4, 0.5) is 15.8 Å². The second kappa shape index (κ2) is 7.38. The van der Waals surface area contributed by atoms with E-state index in [2.05, 4.69) is 10.2 Å². The average molecular weight is 295 g/mol. The lowest BCUT2D eigenvalue weighted by molar-refractivity contribution is -0.117. The third-order valence-corrected chi connectivity index (χ3v) is 3.66. The van der Waals surface area contributed by atoms with Crippen molar-refractivity contribution in [2.75, 3.05) is 44.4 Å². The number of rotatable bonds is 5. The second-order valence-electron chi connectivity index (χ2n) is 5.48. The minimum absolute atomic E-state index is 0.133. The number of carbonyl (C=O) groups excluding carboxylic acids is 1. The summed E-state index contributed by atoms with van der Waals surface area (Å²) in [5.74, 6) is -0.0669. The number of ether oxygens (including phenoxy) is 1. The number of carbonyl (C=O) groups is 1. The maximum atomic E-state index is 13.0. The number of halogens is 1. The number of amides is 1. The number of anilines is 2. The van der Waals surface area contributed by atoms with Gasteiger partial charge in [-0.15, -0.1) is 0 Å². The van der Waals surface area contributed by atoms with E-state index >= 15 is 0 Å². The summed E-state index contributed by atoms with van der Waals surface area (Å²) >= 11 is 0. The molecule has 1 heterocycles. The first-order chi connectivity index (χ1) is 10.1. The zero-order chi connectivity index (χ0) is 15.2. The molecule has 21 heavy (non-hydrogen) atoms. The van der Waals surface area contributed by atoms with Crippen molar-refractivity contribution in [3.05, 3.63) is 24.0 Å². The number of benzene rings is 1. The van der Waals surface area contributed by atoms with Crippen LogP contribution in [-0.4, -0.2) is 44.2 Å². The molecule has 1 saturated heterocycles. The molecule has 3 N–H and O–H groups in total. The van der Waals surface area contributed by atoms with Gasteiger partial charge in [-0.2, -0.15) is 0 Å². The second-order valence-corrected chi connectivity index (χ2v) is 5.48. The van der Waals surface area contributed by atoms with Crippen LogP contribution in [0.1, 0.15) is 12.8 Å². The number of likely N-dealkylation sites (tertiary alicyclic amines) is 1. The van der Waals surface area contributed by atoms with Crippen molar-refractivity contribution in [2.24, 2.45) is 5.92 Å². The summed E-state index contributed by atoms with van der Waals surface area (Å²) in [5.41, 5.74) is 6.37.